The molecule has 1 atom stereocenters. The van der Waals surface area contributed by atoms with Gasteiger partial charge in [-0.3, -0.25) is 0 Å². The number of hydrogen-bond donors (Lipinski definition) is 2. The molecular weight excluding hydrogens is 268 g/mol. The van der Waals surface area contributed by atoms with Gasteiger partial charge in [0.15, 0.2) is 0 Å². The Balaban J connectivity index is 2.29. The molecule has 1 aromatic carbocycles. The van der Waals surface area contributed by atoms with Gasteiger partial charge in [0.25, 0.3) is 0 Å². The molecule has 0 fully saturated rings. The number of benzene rings is 1. The fourth-order valence-corrected chi connectivity index (χ4v) is 1.81. The number of halogens is 2. The zero-order chi connectivity index (χ0) is 14.9. The summed E-state index contributed by atoms with van der Waals surface area (Å²) in [5, 5.41) is 11.6. The molecule has 0 saturated heterocycles. The maximum absolute atomic E-state index is 13.6. The lowest BCUT2D eigenvalue weighted by Gasteiger charge is -2.14. The second kappa shape index (κ2) is 5.32. The molecule has 0 spiro atoms. The normalized spacial score (nSPS) is 12.2. The Hall–Kier alpha value is -2.37. The van der Waals surface area contributed by atoms with Gasteiger partial charge >= 0.3 is 5.97 Å². The van der Waals surface area contributed by atoms with Crippen LogP contribution in [0, 0.1) is 18.6 Å². The van der Waals surface area contributed by atoms with Crippen molar-refractivity contribution in [3.63, 3.8) is 0 Å². The predicted octanol–water partition coefficient (Wildman–Crippen LogP) is 3.74. The van der Waals surface area contributed by atoms with E-state index in [1.165, 1.54) is 0 Å². The van der Waals surface area contributed by atoms with Crippen molar-refractivity contribution >= 4 is 11.7 Å². The van der Waals surface area contributed by atoms with Crippen LogP contribution in [0.1, 0.15) is 34.8 Å². The SMILES string of the molecule is Cc1ccc(C(C)Nc2cc(C(=O)O)c(F)cc2F)o1. The maximum atomic E-state index is 13.6. The number of hydrogen-bond acceptors (Lipinski definition) is 3. The van der Waals surface area contributed by atoms with Gasteiger partial charge in [-0.15, -0.1) is 0 Å². The van der Waals surface area contributed by atoms with Gasteiger partial charge in [-0.05, 0) is 32.0 Å². The number of carboxylic acid groups (broad SMARTS) is 1. The number of anilines is 1. The molecule has 0 saturated carbocycles. The van der Waals surface area contributed by atoms with Crippen molar-refractivity contribution in [2.75, 3.05) is 5.32 Å². The fraction of sp³-hybridized carbons (Fsp3) is 0.214. The minimum Gasteiger partial charge on any atom is -0.478 e. The van der Waals surface area contributed by atoms with Gasteiger partial charge < -0.3 is 14.8 Å². The standard InChI is InChI=1S/C14H13F2NO3/c1-7-3-4-13(20-7)8(2)17-12-5-9(14(18)19)10(15)6-11(12)16/h3-6,8,17H,1-2H3,(H,18,19). The molecule has 0 aliphatic heterocycles. The van der Waals surface area contributed by atoms with Crippen molar-refractivity contribution < 1.29 is 23.1 Å². The third kappa shape index (κ3) is 2.79. The third-order valence-corrected chi connectivity index (χ3v) is 2.85. The van der Waals surface area contributed by atoms with Gasteiger partial charge in [0.2, 0.25) is 0 Å². The molecule has 0 aliphatic rings. The summed E-state index contributed by atoms with van der Waals surface area (Å²) < 4.78 is 32.3. The molecule has 6 heteroatoms. The van der Waals surface area contributed by atoms with Crippen molar-refractivity contribution in [3.05, 3.63) is 53.0 Å². The number of nitrogens with one attached hydrogen (secondary N) is 1. The van der Waals surface area contributed by atoms with Gasteiger partial charge in [-0.2, -0.15) is 0 Å². The van der Waals surface area contributed by atoms with Gasteiger partial charge in [-0.1, -0.05) is 0 Å². The fourth-order valence-electron chi connectivity index (χ4n) is 1.81. The summed E-state index contributed by atoms with van der Waals surface area (Å²) in [5.41, 5.74) is -0.679. The van der Waals surface area contributed by atoms with Crippen molar-refractivity contribution in [2.24, 2.45) is 0 Å². The Kier molecular flexibility index (Phi) is 3.74. The third-order valence-electron chi connectivity index (χ3n) is 2.85. The van der Waals surface area contributed by atoms with Crippen LogP contribution in [0.25, 0.3) is 0 Å². The van der Waals surface area contributed by atoms with E-state index >= 15 is 0 Å². The summed E-state index contributed by atoms with van der Waals surface area (Å²) >= 11 is 0. The Morgan fingerprint density at radius 1 is 1.30 bits per heavy atom. The molecular formula is C14H13F2NO3. The van der Waals surface area contributed by atoms with E-state index in [1.807, 2.05) is 0 Å². The molecule has 2 rings (SSSR count). The van der Waals surface area contributed by atoms with Crippen LogP contribution in [0.4, 0.5) is 14.5 Å². The Morgan fingerprint density at radius 3 is 2.55 bits per heavy atom. The average Bonchev–Trinajstić information content (AvgIpc) is 2.79. The molecule has 4 nitrogen and oxygen atoms in total. The molecule has 0 amide bonds. The molecule has 1 unspecified atom stereocenters. The smallest absolute Gasteiger partial charge is 0.338 e. The minimum atomic E-state index is -1.45. The highest BCUT2D eigenvalue weighted by atomic mass is 19.1. The van der Waals surface area contributed by atoms with E-state index in [0.29, 0.717) is 17.6 Å². The van der Waals surface area contributed by atoms with Gasteiger partial charge in [0, 0.05) is 6.07 Å². The molecule has 0 bridgehead atoms. The van der Waals surface area contributed by atoms with Crippen LogP contribution in [0.2, 0.25) is 0 Å². The first-order valence-corrected chi connectivity index (χ1v) is 5.93. The van der Waals surface area contributed by atoms with E-state index in [2.05, 4.69) is 5.32 Å². The number of rotatable bonds is 4. The van der Waals surface area contributed by atoms with E-state index in [0.717, 1.165) is 6.07 Å². The van der Waals surface area contributed by atoms with Crippen molar-refractivity contribution in [1.29, 1.82) is 0 Å². The van der Waals surface area contributed by atoms with Gasteiger partial charge in [-0.25, -0.2) is 13.6 Å². The summed E-state index contributed by atoms with van der Waals surface area (Å²) in [6.07, 6.45) is 0. The monoisotopic (exact) mass is 281 g/mol. The maximum Gasteiger partial charge on any atom is 0.338 e. The summed E-state index contributed by atoms with van der Waals surface area (Å²) in [5.74, 6) is -2.14. The lowest BCUT2D eigenvalue weighted by Crippen LogP contribution is -2.10. The summed E-state index contributed by atoms with van der Waals surface area (Å²) in [6.45, 7) is 3.50. The highest BCUT2D eigenvalue weighted by molar-refractivity contribution is 5.89. The minimum absolute atomic E-state index is 0.0923. The van der Waals surface area contributed by atoms with Crippen molar-refractivity contribution in [2.45, 2.75) is 19.9 Å². The second-order valence-corrected chi connectivity index (χ2v) is 4.43. The van der Waals surface area contributed by atoms with E-state index in [1.54, 1.807) is 26.0 Å². The van der Waals surface area contributed by atoms with Crippen LogP contribution in [0.3, 0.4) is 0 Å². The van der Waals surface area contributed by atoms with E-state index in [-0.39, 0.29) is 11.7 Å². The molecule has 2 N–H and O–H groups in total. The number of aromatic carboxylic acids is 1. The van der Waals surface area contributed by atoms with E-state index in [4.69, 9.17) is 9.52 Å². The lowest BCUT2D eigenvalue weighted by atomic mass is 10.1. The summed E-state index contributed by atoms with van der Waals surface area (Å²) in [4.78, 5) is 10.8. The Labute approximate surface area is 114 Å². The molecule has 0 radical (unpaired) electrons. The number of aryl methyl sites for hydroxylation is 1. The van der Waals surface area contributed by atoms with Crippen molar-refractivity contribution in [1.82, 2.24) is 0 Å². The molecule has 2 aromatic rings. The van der Waals surface area contributed by atoms with Crippen LogP contribution in [-0.4, -0.2) is 11.1 Å². The van der Waals surface area contributed by atoms with Crippen LogP contribution in [0.15, 0.2) is 28.7 Å². The molecule has 106 valence electrons. The summed E-state index contributed by atoms with van der Waals surface area (Å²) in [7, 11) is 0. The Morgan fingerprint density at radius 2 is 2.00 bits per heavy atom. The topological polar surface area (TPSA) is 62.5 Å². The zero-order valence-corrected chi connectivity index (χ0v) is 10.9. The summed E-state index contributed by atoms with van der Waals surface area (Å²) in [6, 6.07) is 4.58. The number of carboxylic acids is 1. The molecule has 20 heavy (non-hydrogen) atoms. The molecule has 1 heterocycles. The number of carbonyl (C=O) groups is 1. The van der Waals surface area contributed by atoms with E-state index < -0.39 is 23.2 Å². The van der Waals surface area contributed by atoms with E-state index in [9.17, 15) is 13.6 Å². The second-order valence-electron chi connectivity index (χ2n) is 4.43. The van der Waals surface area contributed by atoms with Crippen LogP contribution in [0.5, 0.6) is 0 Å². The molecule has 0 aliphatic carbocycles. The van der Waals surface area contributed by atoms with Crippen molar-refractivity contribution in [3.8, 4) is 0 Å². The average molecular weight is 281 g/mol. The first kappa shape index (κ1) is 14.0. The van der Waals surface area contributed by atoms with Crippen LogP contribution >= 0.6 is 0 Å². The lowest BCUT2D eigenvalue weighted by molar-refractivity contribution is 0.0692. The van der Waals surface area contributed by atoms with Gasteiger partial charge in [0.05, 0.1) is 17.3 Å². The molecule has 1 aromatic heterocycles. The Bertz CT molecular complexity index is 652. The number of furan rings is 1. The van der Waals surface area contributed by atoms with Gasteiger partial charge in [0.1, 0.15) is 23.2 Å². The predicted molar refractivity (Wildman–Crippen MR) is 68.8 cm³/mol. The largest absolute Gasteiger partial charge is 0.478 e. The highest BCUT2D eigenvalue weighted by Gasteiger charge is 2.17. The van der Waals surface area contributed by atoms with Crippen LogP contribution < -0.4 is 5.32 Å². The zero-order valence-electron chi connectivity index (χ0n) is 10.9. The first-order valence-electron chi connectivity index (χ1n) is 5.93. The van der Waals surface area contributed by atoms with Crippen LogP contribution in [-0.2, 0) is 0 Å². The quantitative estimate of drug-likeness (QED) is 0.896. The first-order chi connectivity index (χ1) is 9.38. The highest BCUT2D eigenvalue weighted by Crippen LogP contribution is 2.25.